The van der Waals surface area contributed by atoms with Crippen LogP contribution in [0.4, 0.5) is 0 Å². The number of aliphatic hydroxyl groups is 1. The topological polar surface area (TPSA) is 23.5 Å². The lowest BCUT2D eigenvalue weighted by Crippen LogP contribution is -2.22. The minimum absolute atomic E-state index is 0.238. The van der Waals surface area contributed by atoms with E-state index in [-0.39, 0.29) is 6.61 Å². The van der Waals surface area contributed by atoms with Crippen LogP contribution in [0, 0.1) is 0 Å². The first-order chi connectivity index (χ1) is 7.31. The summed E-state index contributed by atoms with van der Waals surface area (Å²) in [6.07, 6.45) is 2.70. The molecule has 1 aromatic carbocycles. The van der Waals surface area contributed by atoms with Gasteiger partial charge in [0.05, 0.1) is 6.61 Å². The Morgan fingerprint density at radius 3 is 2.73 bits per heavy atom. The molecule has 0 radical (unpaired) electrons. The number of benzene rings is 1. The van der Waals surface area contributed by atoms with Gasteiger partial charge in [0.15, 0.2) is 0 Å². The van der Waals surface area contributed by atoms with Gasteiger partial charge in [0.1, 0.15) is 0 Å². The SMILES string of the molecule is CN(CCO)Cc1ccccc1C1CC1. The van der Waals surface area contributed by atoms with Crippen LogP contribution in [0.15, 0.2) is 24.3 Å². The van der Waals surface area contributed by atoms with Crippen molar-refractivity contribution < 1.29 is 5.11 Å². The van der Waals surface area contributed by atoms with E-state index in [1.165, 1.54) is 24.0 Å². The average Bonchev–Trinajstić information content (AvgIpc) is 3.02. The number of nitrogens with zero attached hydrogens (tertiary/aromatic N) is 1. The molecule has 82 valence electrons. The molecular formula is C13H19NO. The molecule has 0 spiro atoms. The van der Waals surface area contributed by atoms with Crippen molar-refractivity contribution in [3.63, 3.8) is 0 Å². The summed E-state index contributed by atoms with van der Waals surface area (Å²) in [4.78, 5) is 2.17. The highest BCUT2D eigenvalue weighted by Crippen LogP contribution is 2.41. The molecule has 15 heavy (non-hydrogen) atoms. The zero-order chi connectivity index (χ0) is 10.7. The summed E-state index contributed by atoms with van der Waals surface area (Å²) < 4.78 is 0. The lowest BCUT2D eigenvalue weighted by atomic mass is 10.0. The summed E-state index contributed by atoms with van der Waals surface area (Å²) in [5.41, 5.74) is 2.94. The Labute approximate surface area is 91.5 Å². The molecule has 1 aliphatic carbocycles. The maximum atomic E-state index is 8.86. The zero-order valence-electron chi connectivity index (χ0n) is 9.32. The summed E-state index contributed by atoms with van der Waals surface area (Å²) in [5, 5.41) is 8.86. The fraction of sp³-hybridized carbons (Fsp3) is 0.538. The average molecular weight is 205 g/mol. The van der Waals surface area contributed by atoms with Crippen molar-refractivity contribution in [2.45, 2.75) is 25.3 Å². The van der Waals surface area contributed by atoms with Crippen molar-refractivity contribution in [2.24, 2.45) is 0 Å². The van der Waals surface area contributed by atoms with E-state index in [1.807, 2.05) is 0 Å². The van der Waals surface area contributed by atoms with Gasteiger partial charge in [-0.15, -0.1) is 0 Å². The van der Waals surface area contributed by atoms with E-state index in [0.29, 0.717) is 0 Å². The molecule has 1 fully saturated rings. The molecule has 0 aliphatic heterocycles. The first-order valence-corrected chi connectivity index (χ1v) is 5.68. The monoisotopic (exact) mass is 205 g/mol. The summed E-state index contributed by atoms with van der Waals surface area (Å²) in [6.45, 7) is 1.94. The second-order valence-electron chi connectivity index (χ2n) is 4.43. The third-order valence-corrected chi connectivity index (χ3v) is 2.99. The lowest BCUT2D eigenvalue weighted by molar-refractivity contribution is 0.217. The van der Waals surface area contributed by atoms with E-state index < -0.39 is 0 Å². The number of likely N-dealkylation sites (N-methyl/N-ethyl adjacent to an activating group) is 1. The number of aliphatic hydroxyl groups excluding tert-OH is 1. The predicted octanol–water partition coefficient (Wildman–Crippen LogP) is 1.99. The molecule has 0 unspecified atom stereocenters. The normalized spacial score (nSPS) is 15.9. The largest absolute Gasteiger partial charge is 0.395 e. The third kappa shape index (κ3) is 2.80. The molecule has 1 aliphatic rings. The van der Waals surface area contributed by atoms with Crippen LogP contribution in [0.5, 0.6) is 0 Å². The first-order valence-electron chi connectivity index (χ1n) is 5.68. The molecule has 1 saturated carbocycles. The van der Waals surface area contributed by atoms with Gasteiger partial charge >= 0.3 is 0 Å². The van der Waals surface area contributed by atoms with Gasteiger partial charge in [-0.1, -0.05) is 24.3 Å². The molecule has 0 aromatic heterocycles. The maximum absolute atomic E-state index is 8.86. The fourth-order valence-electron chi connectivity index (χ4n) is 2.01. The van der Waals surface area contributed by atoms with E-state index in [2.05, 4.69) is 36.2 Å². The van der Waals surface area contributed by atoms with Crippen LogP contribution in [-0.2, 0) is 6.54 Å². The molecule has 2 heteroatoms. The van der Waals surface area contributed by atoms with E-state index >= 15 is 0 Å². The standard InChI is InChI=1S/C13H19NO/c1-14(8-9-15)10-12-4-2-3-5-13(12)11-6-7-11/h2-5,11,15H,6-10H2,1H3. The van der Waals surface area contributed by atoms with Crippen LogP contribution in [0.25, 0.3) is 0 Å². The fourth-order valence-corrected chi connectivity index (χ4v) is 2.01. The van der Waals surface area contributed by atoms with Crippen molar-refractivity contribution in [1.29, 1.82) is 0 Å². The van der Waals surface area contributed by atoms with Gasteiger partial charge in [0, 0.05) is 13.1 Å². The Morgan fingerprint density at radius 1 is 1.33 bits per heavy atom. The van der Waals surface area contributed by atoms with Crippen molar-refractivity contribution in [3.05, 3.63) is 35.4 Å². The van der Waals surface area contributed by atoms with Gasteiger partial charge in [0.2, 0.25) is 0 Å². The summed E-state index contributed by atoms with van der Waals surface area (Å²) in [7, 11) is 2.06. The van der Waals surface area contributed by atoms with Crippen LogP contribution < -0.4 is 0 Å². The van der Waals surface area contributed by atoms with Crippen molar-refractivity contribution in [3.8, 4) is 0 Å². The molecular weight excluding hydrogens is 186 g/mol. The molecule has 0 bridgehead atoms. The second kappa shape index (κ2) is 4.77. The van der Waals surface area contributed by atoms with Gasteiger partial charge < -0.3 is 5.11 Å². The van der Waals surface area contributed by atoms with E-state index in [9.17, 15) is 0 Å². The smallest absolute Gasteiger partial charge is 0.0558 e. The second-order valence-corrected chi connectivity index (χ2v) is 4.43. The van der Waals surface area contributed by atoms with Crippen molar-refractivity contribution in [1.82, 2.24) is 4.90 Å². The van der Waals surface area contributed by atoms with E-state index in [1.54, 1.807) is 0 Å². The van der Waals surface area contributed by atoms with E-state index in [0.717, 1.165) is 19.0 Å². The van der Waals surface area contributed by atoms with Crippen LogP contribution in [0.2, 0.25) is 0 Å². The number of hydrogen-bond acceptors (Lipinski definition) is 2. The van der Waals surface area contributed by atoms with Crippen molar-refractivity contribution in [2.75, 3.05) is 20.2 Å². The van der Waals surface area contributed by atoms with Crippen LogP contribution in [0.3, 0.4) is 0 Å². The Balaban J connectivity index is 2.06. The zero-order valence-corrected chi connectivity index (χ0v) is 9.32. The van der Waals surface area contributed by atoms with Gasteiger partial charge in [-0.25, -0.2) is 0 Å². The molecule has 2 rings (SSSR count). The first kappa shape index (κ1) is 10.7. The Bertz CT molecular complexity index is 320. The predicted molar refractivity (Wildman–Crippen MR) is 61.8 cm³/mol. The number of hydrogen-bond donors (Lipinski definition) is 1. The van der Waals surface area contributed by atoms with Crippen LogP contribution >= 0.6 is 0 Å². The highest BCUT2D eigenvalue weighted by molar-refractivity contribution is 5.33. The Kier molecular flexibility index (Phi) is 3.39. The minimum Gasteiger partial charge on any atom is -0.395 e. The Morgan fingerprint density at radius 2 is 2.07 bits per heavy atom. The summed E-state index contributed by atoms with van der Waals surface area (Å²) >= 11 is 0. The number of rotatable bonds is 5. The summed E-state index contributed by atoms with van der Waals surface area (Å²) in [5.74, 6) is 0.809. The van der Waals surface area contributed by atoms with E-state index in [4.69, 9.17) is 5.11 Å². The molecule has 0 heterocycles. The van der Waals surface area contributed by atoms with Crippen molar-refractivity contribution >= 4 is 0 Å². The highest BCUT2D eigenvalue weighted by atomic mass is 16.3. The Hall–Kier alpha value is -0.860. The highest BCUT2D eigenvalue weighted by Gasteiger charge is 2.25. The van der Waals surface area contributed by atoms with Gasteiger partial charge in [0.25, 0.3) is 0 Å². The quantitative estimate of drug-likeness (QED) is 0.794. The van der Waals surface area contributed by atoms with Crippen LogP contribution in [0.1, 0.15) is 29.9 Å². The molecule has 1 aromatic rings. The van der Waals surface area contributed by atoms with Crippen LogP contribution in [-0.4, -0.2) is 30.2 Å². The maximum Gasteiger partial charge on any atom is 0.0558 e. The lowest BCUT2D eigenvalue weighted by Gasteiger charge is -2.17. The van der Waals surface area contributed by atoms with Gasteiger partial charge in [-0.3, -0.25) is 4.90 Å². The molecule has 0 amide bonds. The minimum atomic E-state index is 0.238. The summed E-state index contributed by atoms with van der Waals surface area (Å²) in [6, 6.07) is 8.69. The van der Waals surface area contributed by atoms with Gasteiger partial charge in [-0.05, 0) is 36.9 Å². The molecule has 1 N–H and O–H groups in total. The van der Waals surface area contributed by atoms with Gasteiger partial charge in [-0.2, -0.15) is 0 Å². The third-order valence-electron chi connectivity index (χ3n) is 2.99. The molecule has 2 nitrogen and oxygen atoms in total. The molecule has 0 atom stereocenters. The molecule has 0 saturated heterocycles.